The molecule has 0 radical (unpaired) electrons. The third kappa shape index (κ3) is 4.24. The summed E-state index contributed by atoms with van der Waals surface area (Å²) >= 11 is 0. The van der Waals surface area contributed by atoms with Gasteiger partial charge in [0.05, 0.1) is 12.8 Å². The SMILES string of the molecule is COc1ccc(-c2nnc(N)nc2C=C(C)N)c(OC(F)(F)F)c1. The van der Waals surface area contributed by atoms with Crippen molar-refractivity contribution in [2.24, 2.45) is 5.73 Å². The number of nitrogens with zero attached hydrogens (tertiary/aromatic N) is 3. The van der Waals surface area contributed by atoms with Crippen molar-refractivity contribution in [3.05, 3.63) is 29.6 Å². The Morgan fingerprint density at radius 3 is 2.54 bits per heavy atom. The molecule has 24 heavy (non-hydrogen) atoms. The van der Waals surface area contributed by atoms with Crippen LogP contribution < -0.4 is 20.9 Å². The lowest BCUT2D eigenvalue weighted by atomic mass is 10.1. The van der Waals surface area contributed by atoms with Crippen molar-refractivity contribution in [2.45, 2.75) is 13.3 Å². The quantitative estimate of drug-likeness (QED) is 0.878. The van der Waals surface area contributed by atoms with E-state index in [1.165, 1.54) is 25.3 Å². The second-order valence-electron chi connectivity index (χ2n) is 4.70. The van der Waals surface area contributed by atoms with Gasteiger partial charge in [-0.15, -0.1) is 23.4 Å². The first-order valence-electron chi connectivity index (χ1n) is 6.57. The van der Waals surface area contributed by atoms with Gasteiger partial charge in [0.2, 0.25) is 5.95 Å². The maximum Gasteiger partial charge on any atom is 0.573 e. The summed E-state index contributed by atoms with van der Waals surface area (Å²) in [6.07, 6.45) is -3.47. The first-order chi connectivity index (χ1) is 11.2. The Kier molecular flexibility index (Phi) is 4.77. The van der Waals surface area contributed by atoms with Crippen molar-refractivity contribution in [2.75, 3.05) is 12.8 Å². The van der Waals surface area contributed by atoms with Crippen molar-refractivity contribution >= 4 is 12.0 Å². The Balaban J connectivity index is 2.66. The Morgan fingerprint density at radius 2 is 1.96 bits per heavy atom. The molecule has 1 aromatic carbocycles. The van der Waals surface area contributed by atoms with Gasteiger partial charge < -0.3 is 20.9 Å². The van der Waals surface area contributed by atoms with Crippen molar-refractivity contribution in [3.8, 4) is 22.8 Å². The lowest BCUT2D eigenvalue weighted by molar-refractivity contribution is -0.274. The van der Waals surface area contributed by atoms with Crippen LogP contribution in [0.4, 0.5) is 19.1 Å². The molecule has 0 atom stereocenters. The molecule has 128 valence electrons. The zero-order valence-corrected chi connectivity index (χ0v) is 12.8. The molecule has 0 spiro atoms. The van der Waals surface area contributed by atoms with Crippen LogP contribution in [-0.4, -0.2) is 28.7 Å². The fraction of sp³-hybridized carbons (Fsp3) is 0.214. The van der Waals surface area contributed by atoms with Gasteiger partial charge in [-0.1, -0.05) is 0 Å². The first-order valence-corrected chi connectivity index (χ1v) is 6.57. The van der Waals surface area contributed by atoms with Gasteiger partial charge in [0.1, 0.15) is 17.2 Å². The Hall–Kier alpha value is -3.04. The molecule has 2 rings (SSSR count). The standard InChI is InChI=1S/C14H14F3N5O2/c1-7(18)5-10-12(21-22-13(19)20-10)9-4-3-8(23-2)6-11(9)24-14(15,16)17/h3-6H,18H2,1-2H3,(H2,19,20,22). The number of nitrogen functional groups attached to an aromatic ring is 1. The molecule has 1 aromatic heterocycles. The number of ether oxygens (including phenoxy) is 2. The van der Waals surface area contributed by atoms with Gasteiger partial charge in [-0.3, -0.25) is 0 Å². The van der Waals surface area contributed by atoms with E-state index in [9.17, 15) is 13.2 Å². The number of alkyl halides is 3. The first kappa shape index (κ1) is 17.3. The molecule has 0 unspecified atom stereocenters. The lowest BCUT2D eigenvalue weighted by Crippen LogP contribution is -2.18. The summed E-state index contributed by atoms with van der Waals surface area (Å²) in [6, 6.07) is 3.90. The van der Waals surface area contributed by atoms with Crippen molar-refractivity contribution in [3.63, 3.8) is 0 Å². The molecular formula is C14H14F3N5O2. The number of rotatable bonds is 4. The van der Waals surface area contributed by atoms with Crippen molar-refractivity contribution in [1.82, 2.24) is 15.2 Å². The van der Waals surface area contributed by atoms with Gasteiger partial charge in [-0.25, -0.2) is 4.98 Å². The van der Waals surface area contributed by atoms with Gasteiger partial charge in [0, 0.05) is 17.3 Å². The number of hydrogen-bond acceptors (Lipinski definition) is 7. The highest BCUT2D eigenvalue weighted by Gasteiger charge is 2.33. The number of aromatic nitrogens is 3. The van der Waals surface area contributed by atoms with E-state index >= 15 is 0 Å². The molecule has 2 aromatic rings. The number of benzene rings is 1. The van der Waals surface area contributed by atoms with E-state index in [4.69, 9.17) is 16.2 Å². The molecule has 0 aliphatic heterocycles. The van der Waals surface area contributed by atoms with Crippen molar-refractivity contribution < 1.29 is 22.6 Å². The minimum Gasteiger partial charge on any atom is -0.497 e. The van der Waals surface area contributed by atoms with Crippen LogP contribution in [0, 0.1) is 0 Å². The molecule has 0 amide bonds. The maximum absolute atomic E-state index is 12.7. The maximum atomic E-state index is 12.7. The molecule has 0 bridgehead atoms. The summed E-state index contributed by atoms with van der Waals surface area (Å²) in [5.74, 6) is -0.466. The molecule has 0 aliphatic carbocycles. The van der Waals surface area contributed by atoms with E-state index in [0.717, 1.165) is 6.07 Å². The Bertz CT molecular complexity index is 773. The number of halogens is 3. The average Bonchev–Trinajstić information content (AvgIpc) is 2.45. The van der Waals surface area contributed by atoms with Crippen LogP contribution in [0.25, 0.3) is 17.3 Å². The highest BCUT2D eigenvalue weighted by atomic mass is 19.4. The number of methoxy groups -OCH3 is 1. The van der Waals surface area contributed by atoms with Gasteiger partial charge in [0.25, 0.3) is 0 Å². The van der Waals surface area contributed by atoms with Gasteiger partial charge in [-0.2, -0.15) is 0 Å². The molecular weight excluding hydrogens is 327 g/mol. The summed E-state index contributed by atoms with van der Waals surface area (Å²) in [6.45, 7) is 1.59. The Morgan fingerprint density at radius 1 is 1.25 bits per heavy atom. The Labute approximate surface area is 135 Å². The molecule has 0 saturated heterocycles. The third-order valence-electron chi connectivity index (χ3n) is 2.76. The molecule has 4 N–H and O–H groups in total. The number of allylic oxidation sites excluding steroid dienone is 1. The molecule has 10 heteroatoms. The summed E-state index contributed by atoms with van der Waals surface area (Å²) in [5.41, 5.74) is 11.7. The summed E-state index contributed by atoms with van der Waals surface area (Å²) < 4.78 is 47.0. The predicted molar refractivity (Wildman–Crippen MR) is 80.7 cm³/mol. The average molecular weight is 341 g/mol. The van der Waals surface area contributed by atoms with Crippen LogP contribution in [0.2, 0.25) is 0 Å². The molecule has 0 saturated carbocycles. The largest absolute Gasteiger partial charge is 0.573 e. The number of hydrogen-bond donors (Lipinski definition) is 2. The van der Waals surface area contributed by atoms with Crippen LogP contribution in [0.1, 0.15) is 12.6 Å². The van der Waals surface area contributed by atoms with Gasteiger partial charge in [-0.05, 0) is 25.1 Å². The number of nitrogens with two attached hydrogens (primary N) is 2. The fourth-order valence-electron chi connectivity index (χ4n) is 1.89. The van der Waals surface area contributed by atoms with E-state index in [1.807, 2.05) is 0 Å². The molecule has 1 heterocycles. The number of anilines is 1. The van der Waals surface area contributed by atoms with Crippen LogP contribution in [-0.2, 0) is 0 Å². The minimum absolute atomic E-state index is 0.0145. The van der Waals surface area contributed by atoms with E-state index < -0.39 is 12.1 Å². The van der Waals surface area contributed by atoms with E-state index in [0.29, 0.717) is 5.70 Å². The van der Waals surface area contributed by atoms with Crippen molar-refractivity contribution in [1.29, 1.82) is 0 Å². The monoisotopic (exact) mass is 341 g/mol. The highest BCUT2D eigenvalue weighted by molar-refractivity contribution is 5.75. The molecule has 7 nitrogen and oxygen atoms in total. The lowest BCUT2D eigenvalue weighted by Gasteiger charge is -2.15. The third-order valence-corrected chi connectivity index (χ3v) is 2.76. The van der Waals surface area contributed by atoms with Crippen LogP contribution in [0.5, 0.6) is 11.5 Å². The summed E-state index contributed by atoms with van der Waals surface area (Å²) in [5, 5.41) is 7.40. The predicted octanol–water partition coefficient (Wildman–Crippen LogP) is 2.35. The zero-order valence-electron chi connectivity index (χ0n) is 12.8. The van der Waals surface area contributed by atoms with Crippen LogP contribution in [0.15, 0.2) is 23.9 Å². The van der Waals surface area contributed by atoms with E-state index in [1.54, 1.807) is 6.92 Å². The second-order valence-corrected chi connectivity index (χ2v) is 4.70. The van der Waals surface area contributed by atoms with Gasteiger partial charge >= 0.3 is 6.36 Å². The molecule has 0 aliphatic rings. The normalized spacial score (nSPS) is 12.1. The fourth-order valence-corrected chi connectivity index (χ4v) is 1.89. The summed E-state index contributed by atoms with van der Waals surface area (Å²) in [7, 11) is 1.32. The molecule has 0 fully saturated rings. The second kappa shape index (κ2) is 6.60. The van der Waals surface area contributed by atoms with Gasteiger partial charge in [0.15, 0.2) is 0 Å². The zero-order chi connectivity index (χ0) is 17.9. The van der Waals surface area contributed by atoms with E-state index in [2.05, 4.69) is 19.9 Å². The smallest absolute Gasteiger partial charge is 0.497 e. The highest BCUT2D eigenvalue weighted by Crippen LogP contribution is 2.37. The minimum atomic E-state index is -4.89. The van der Waals surface area contributed by atoms with Crippen LogP contribution in [0.3, 0.4) is 0 Å². The van der Waals surface area contributed by atoms with Crippen LogP contribution >= 0.6 is 0 Å². The summed E-state index contributed by atoms with van der Waals surface area (Å²) in [4.78, 5) is 3.95. The topological polar surface area (TPSA) is 109 Å². The van der Waals surface area contributed by atoms with E-state index in [-0.39, 0.29) is 28.6 Å².